The van der Waals surface area contributed by atoms with Gasteiger partial charge in [0.1, 0.15) is 11.5 Å². The van der Waals surface area contributed by atoms with Crippen LogP contribution in [0.15, 0.2) is 66.4 Å². The van der Waals surface area contributed by atoms with Gasteiger partial charge in [0.05, 0.1) is 25.5 Å². The molecule has 1 aliphatic rings. The van der Waals surface area contributed by atoms with Crippen LogP contribution >= 0.6 is 0 Å². The van der Waals surface area contributed by atoms with Crippen LogP contribution in [0.3, 0.4) is 0 Å². The van der Waals surface area contributed by atoms with Gasteiger partial charge in [-0.15, -0.1) is 0 Å². The first-order valence-corrected chi connectivity index (χ1v) is 10.3. The highest BCUT2D eigenvalue weighted by atomic mass is 19.1. The molecular weight excluding hydrogens is 423 g/mol. The Labute approximate surface area is 191 Å². The molecule has 0 spiro atoms. The van der Waals surface area contributed by atoms with E-state index in [1.165, 1.54) is 38.5 Å². The van der Waals surface area contributed by atoms with Gasteiger partial charge in [0.25, 0.3) is 11.8 Å². The zero-order chi connectivity index (χ0) is 23.7. The molecule has 1 aliphatic heterocycles. The van der Waals surface area contributed by atoms with Crippen molar-refractivity contribution < 1.29 is 23.5 Å². The standard InChI is InChI=1S/C26H23FN2O4/c1-15-5-10-19(13-16(15)2)28-24-23(17-6-8-18(27)9-7-17)25(30)29(26(24)31)20-11-12-21(32-3)22(14-20)33-4/h5-14,28H,1-4H3. The maximum Gasteiger partial charge on any atom is 0.282 e. The normalized spacial score (nSPS) is 13.5. The molecule has 3 aromatic carbocycles. The van der Waals surface area contributed by atoms with E-state index in [1.54, 1.807) is 18.2 Å². The van der Waals surface area contributed by atoms with Gasteiger partial charge >= 0.3 is 0 Å². The van der Waals surface area contributed by atoms with Crippen molar-refractivity contribution in [2.45, 2.75) is 13.8 Å². The maximum absolute atomic E-state index is 13.6. The lowest BCUT2D eigenvalue weighted by Gasteiger charge is -2.17. The topological polar surface area (TPSA) is 67.9 Å². The predicted molar refractivity (Wildman–Crippen MR) is 125 cm³/mol. The first kappa shape index (κ1) is 22.1. The van der Waals surface area contributed by atoms with E-state index in [0.717, 1.165) is 16.0 Å². The van der Waals surface area contributed by atoms with E-state index in [4.69, 9.17) is 9.47 Å². The number of ether oxygens (including phenoxy) is 2. The summed E-state index contributed by atoms with van der Waals surface area (Å²) in [4.78, 5) is 28.1. The molecule has 0 aliphatic carbocycles. The summed E-state index contributed by atoms with van der Waals surface area (Å²) in [7, 11) is 2.98. The zero-order valence-electron chi connectivity index (χ0n) is 18.7. The van der Waals surface area contributed by atoms with Crippen LogP contribution in [0.1, 0.15) is 16.7 Å². The Morgan fingerprint density at radius 1 is 0.788 bits per heavy atom. The van der Waals surface area contributed by atoms with Gasteiger partial charge in [0.15, 0.2) is 11.5 Å². The van der Waals surface area contributed by atoms with E-state index < -0.39 is 17.6 Å². The number of hydrogen-bond acceptors (Lipinski definition) is 5. The van der Waals surface area contributed by atoms with Gasteiger partial charge in [-0.05, 0) is 66.9 Å². The zero-order valence-corrected chi connectivity index (χ0v) is 18.7. The number of nitrogens with zero attached hydrogens (tertiary/aromatic N) is 1. The highest BCUT2D eigenvalue weighted by molar-refractivity contribution is 6.46. The number of amides is 2. The summed E-state index contributed by atoms with van der Waals surface area (Å²) in [5.41, 5.74) is 3.86. The molecule has 2 amide bonds. The minimum Gasteiger partial charge on any atom is -0.493 e. The second kappa shape index (κ2) is 8.78. The van der Waals surface area contributed by atoms with Crippen molar-refractivity contribution in [2.24, 2.45) is 0 Å². The number of halogens is 1. The largest absolute Gasteiger partial charge is 0.493 e. The molecule has 0 fully saturated rings. The van der Waals surface area contributed by atoms with Crippen LogP contribution in [0.5, 0.6) is 11.5 Å². The first-order valence-electron chi connectivity index (χ1n) is 10.3. The first-order chi connectivity index (χ1) is 15.8. The van der Waals surface area contributed by atoms with E-state index in [9.17, 15) is 14.0 Å². The Balaban J connectivity index is 1.82. The van der Waals surface area contributed by atoms with Crippen molar-refractivity contribution in [3.05, 3.63) is 88.9 Å². The van der Waals surface area contributed by atoms with Crippen molar-refractivity contribution in [1.82, 2.24) is 0 Å². The molecule has 0 saturated heterocycles. The Bertz CT molecular complexity index is 1280. The summed E-state index contributed by atoms with van der Waals surface area (Å²) in [6.07, 6.45) is 0. The van der Waals surface area contributed by atoms with Gasteiger partial charge in [0, 0.05) is 11.8 Å². The average Bonchev–Trinajstić information content (AvgIpc) is 3.05. The number of aryl methyl sites for hydroxylation is 2. The molecule has 0 unspecified atom stereocenters. The smallest absolute Gasteiger partial charge is 0.282 e. The Kier molecular flexibility index (Phi) is 5.87. The van der Waals surface area contributed by atoms with E-state index in [-0.39, 0.29) is 11.3 Å². The Morgan fingerprint density at radius 3 is 2.12 bits per heavy atom. The predicted octanol–water partition coefficient (Wildman–Crippen LogP) is 4.86. The number of methoxy groups -OCH3 is 2. The molecule has 1 N–H and O–H groups in total. The van der Waals surface area contributed by atoms with E-state index >= 15 is 0 Å². The summed E-state index contributed by atoms with van der Waals surface area (Å²) in [5, 5.41) is 3.12. The summed E-state index contributed by atoms with van der Waals surface area (Å²) >= 11 is 0. The van der Waals surface area contributed by atoms with Gasteiger partial charge in [-0.25, -0.2) is 9.29 Å². The van der Waals surface area contributed by atoms with E-state index in [1.807, 2.05) is 32.0 Å². The molecule has 0 bridgehead atoms. The number of hydrogen-bond donors (Lipinski definition) is 1. The Morgan fingerprint density at radius 2 is 1.48 bits per heavy atom. The summed E-state index contributed by atoms with van der Waals surface area (Å²) in [6, 6.07) is 16.0. The fourth-order valence-electron chi connectivity index (χ4n) is 3.69. The lowest BCUT2D eigenvalue weighted by molar-refractivity contribution is -0.120. The van der Waals surface area contributed by atoms with Crippen LogP contribution < -0.4 is 19.7 Å². The molecular formula is C26H23FN2O4. The fraction of sp³-hybridized carbons (Fsp3) is 0.154. The molecule has 7 heteroatoms. The third-order valence-electron chi connectivity index (χ3n) is 5.62. The third kappa shape index (κ3) is 4.05. The minimum atomic E-state index is -0.523. The SMILES string of the molecule is COc1ccc(N2C(=O)C(Nc3ccc(C)c(C)c3)=C(c3ccc(F)cc3)C2=O)cc1OC. The van der Waals surface area contributed by atoms with Crippen molar-refractivity contribution in [1.29, 1.82) is 0 Å². The highest BCUT2D eigenvalue weighted by Gasteiger charge is 2.40. The number of rotatable bonds is 6. The number of imide groups is 1. The monoisotopic (exact) mass is 446 g/mol. The van der Waals surface area contributed by atoms with Crippen LogP contribution in [-0.2, 0) is 9.59 Å². The second-order valence-electron chi connectivity index (χ2n) is 7.67. The molecule has 33 heavy (non-hydrogen) atoms. The van der Waals surface area contributed by atoms with Crippen LogP contribution in [0.25, 0.3) is 5.57 Å². The fourth-order valence-corrected chi connectivity index (χ4v) is 3.69. The van der Waals surface area contributed by atoms with E-state index in [0.29, 0.717) is 28.4 Å². The number of nitrogens with one attached hydrogen (secondary N) is 1. The van der Waals surface area contributed by atoms with E-state index in [2.05, 4.69) is 5.32 Å². The van der Waals surface area contributed by atoms with Gasteiger partial charge in [-0.1, -0.05) is 18.2 Å². The van der Waals surface area contributed by atoms with Crippen molar-refractivity contribution in [3.63, 3.8) is 0 Å². The Hall–Kier alpha value is -4.13. The maximum atomic E-state index is 13.6. The molecule has 1 heterocycles. The quantitative estimate of drug-likeness (QED) is 0.548. The molecule has 0 aromatic heterocycles. The number of anilines is 2. The molecule has 168 valence electrons. The van der Waals surface area contributed by atoms with Crippen LogP contribution in [0.4, 0.5) is 15.8 Å². The summed E-state index contributed by atoms with van der Waals surface area (Å²) in [5.74, 6) is -0.624. The summed E-state index contributed by atoms with van der Waals surface area (Å²) in [6.45, 7) is 3.96. The van der Waals surface area contributed by atoms with Crippen LogP contribution in [0, 0.1) is 19.7 Å². The minimum absolute atomic E-state index is 0.115. The van der Waals surface area contributed by atoms with Crippen molar-refractivity contribution in [3.8, 4) is 11.5 Å². The molecule has 4 rings (SSSR count). The molecule has 3 aromatic rings. The van der Waals surface area contributed by atoms with Crippen LogP contribution in [0.2, 0.25) is 0 Å². The molecule has 0 radical (unpaired) electrons. The van der Waals surface area contributed by atoms with Gasteiger partial charge in [-0.2, -0.15) is 0 Å². The molecule has 6 nitrogen and oxygen atoms in total. The van der Waals surface area contributed by atoms with Crippen LogP contribution in [-0.4, -0.2) is 26.0 Å². The summed E-state index contributed by atoms with van der Waals surface area (Å²) < 4.78 is 24.1. The highest BCUT2D eigenvalue weighted by Crippen LogP contribution is 2.37. The molecule has 0 saturated carbocycles. The lowest BCUT2D eigenvalue weighted by atomic mass is 10.0. The molecule has 0 atom stereocenters. The number of carbonyl (C=O) groups is 2. The van der Waals surface area contributed by atoms with Gasteiger partial charge in [0.2, 0.25) is 0 Å². The number of benzene rings is 3. The van der Waals surface area contributed by atoms with Gasteiger partial charge < -0.3 is 14.8 Å². The van der Waals surface area contributed by atoms with Crippen molar-refractivity contribution >= 4 is 28.8 Å². The van der Waals surface area contributed by atoms with Crippen molar-refractivity contribution in [2.75, 3.05) is 24.4 Å². The lowest BCUT2D eigenvalue weighted by Crippen LogP contribution is -2.32. The number of carbonyl (C=O) groups excluding carboxylic acids is 2. The average molecular weight is 446 g/mol. The van der Waals surface area contributed by atoms with Gasteiger partial charge in [-0.3, -0.25) is 9.59 Å². The second-order valence-corrected chi connectivity index (χ2v) is 7.67. The third-order valence-corrected chi connectivity index (χ3v) is 5.62.